The van der Waals surface area contributed by atoms with Gasteiger partial charge in [0.15, 0.2) is 0 Å². The molecule has 2 rings (SSSR count). The molecule has 0 saturated carbocycles. The molecule has 1 aliphatic rings. The first kappa shape index (κ1) is 12.2. The van der Waals surface area contributed by atoms with Gasteiger partial charge in [-0.25, -0.2) is 0 Å². The van der Waals surface area contributed by atoms with Crippen LogP contribution in [0.2, 0.25) is 10.0 Å². The van der Waals surface area contributed by atoms with Crippen LogP contribution in [0, 0.1) is 0 Å². The highest BCUT2D eigenvalue weighted by atomic mass is 35.5. The van der Waals surface area contributed by atoms with Crippen LogP contribution in [-0.2, 0) is 0 Å². The minimum absolute atomic E-state index is 0.156. The highest BCUT2D eigenvalue weighted by molar-refractivity contribution is 8.23. The maximum absolute atomic E-state index is 12.1. The zero-order valence-corrected chi connectivity index (χ0v) is 11.2. The molecule has 0 N–H and O–H groups in total. The van der Waals surface area contributed by atoms with Crippen molar-refractivity contribution >= 4 is 57.4 Å². The average molecular weight is 292 g/mol. The number of rotatable bonds is 1. The maximum atomic E-state index is 12.1. The quantitative estimate of drug-likeness (QED) is 0.739. The van der Waals surface area contributed by atoms with Gasteiger partial charge in [-0.3, -0.25) is 9.69 Å². The van der Waals surface area contributed by atoms with Crippen LogP contribution in [0.5, 0.6) is 0 Å². The summed E-state index contributed by atoms with van der Waals surface area (Å²) in [7, 11) is 0. The van der Waals surface area contributed by atoms with Crippen LogP contribution in [-0.4, -0.2) is 27.4 Å². The molecule has 0 radical (unpaired) electrons. The van der Waals surface area contributed by atoms with Crippen molar-refractivity contribution in [2.24, 2.45) is 0 Å². The predicted octanol–water partition coefficient (Wildman–Crippen LogP) is 3.47. The molecule has 1 amide bonds. The van der Waals surface area contributed by atoms with E-state index in [2.05, 4.69) is 0 Å². The molecule has 1 aromatic rings. The first-order valence-electron chi connectivity index (χ1n) is 4.53. The molecule has 0 unspecified atom stereocenters. The molecule has 0 spiro atoms. The number of thiocarbonyl (C=S) groups is 1. The number of carbonyl (C=O) groups is 1. The van der Waals surface area contributed by atoms with E-state index in [0.29, 0.717) is 26.5 Å². The number of amides is 1. The van der Waals surface area contributed by atoms with E-state index in [-0.39, 0.29) is 5.91 Å². The first-order valence-corrected chi connectivity index (χ1v) is 6.68. The third-order valence-electron chi connectivity index (χ3n) is 2.17. The van der Waals surface area contributed by atoms with Crippen LogP contribution in [0.1, 0.15) is 10.4 Å². The third kappa shape index (κ3) is 2.35. The van der Waals surface area contributed by atoms with Gasteiger partial charge in [0.25, 0.3) is 5.91 Å². The number of thioether (sulfide) groups is 1. The fourth-order valence-corrected chi connectivity index (χ4v) is 3.08. The van der Waals surface area contributed by atoms with Gasteiger partial charge in [0.1, 0.15) is 4.32 Å². The Morgan fingerprint density at radius 1 is 1.44 bits per heavy atom. The molecule has 84 valence electrons. The van der Waals surface area contributed by atoms with Crippen LogP contribution < -0.4 is 0 Å². The van der Waals surface area contributed by atoms with Crippen molar-refractivity contribution < 1.29 is 4.79 Å². The maximum Gasteiger partial charge on any atom is 0.260 e. The Morgan fingerprint density at radius 3 is 2.75 bits per heavy atom. The second-order valence-corrected chi connectivity index (χ2v) is 5.77. The van der Waals surface area contributed by atoms with Crippen LogP contribution >= 0.6 is 47.2 Å². The number of halogens is 2. The standard InChI is InChI=1S/C10H7Cl2NOS2/c11-6-1-2-7(8(12)5-6)9(14)13-3-4-16-10(13)15/h1-2,5H,3-4H2. The van der Waals surface area contributed by atoms with Crippen molar-refractivity contribution in [1.82, 2.24) is 4.90 Å². The van der Waals surface area contributed by atoms with Gasteiger partial charge in [0.2, 0.25) is 0 Å². The normalized spacial score (nSPS) is 15.6. The number of hydrogen-bond donors (Lipinski definition) is 0. The van der Waals surface area contributed by atoms with Gasteiger partial charge < -0.3 is 0 Å². The number of carbonyl (C=O) groups excluding carboxylic acids is 1. The Hall–Kier alpha value is -0.290. The van der Waals surface area contributed by atoms with Gasteiger partial charge in [-0.05, 0) is 18.2 Å². The van der Waals surface area contributed by atoms with Crippen molar-refractivity contribution in [2.75, 3.05) is 12.3 Å². The summed E-state index contributed by atoms with van der Waals surface area (Å²) in [5.41, 5.74) is 0.441. The molecule has 0 aromatic heterocycles. The van der Waals surface area contributed by atoms with E-state index in [1.165, 1.54) is 11.8 Å². The summed E-state index contributed by atoms with van der Waals surface area (Å²) in [5, 5.41) is 0.872. The second kappa shape index (κ2) is 4.92. The molecule has 0 bridgehead atoms. The molecule has 1 saturated heterocycles. The van der Waals surface area contributed by atoms with Crippen molar-refractivity contribution in [3.8, 4) is 0 Å². The van der Waals surface area contributed by atoms with Crippen LogP contribution in [0.15, 0.2) is 18.2 Å². The fourth-order valence-electron chi connectivity index (χ4n) is 1.39. The molecule has 1 heterocycles. The molecule has 0 atom stereocenters. The van der Waals surface area contributed by atoms with Crippen LogP contribution in [0.4, 0.5) is 0 Å². The Balaban J connectivity index is 2.30. The highest BCUT2D eigenvalue weighted by Gasteiger charge is 2.26. The third-order valence-corrected chi connectivity index (χ3v) is 4.14. The number of hydrogen-bond acceptors (Lipinski definition) is 3. The molecule has 0 aliphatic carbocycles. The summed E-state index contributed by atoms with van der Waals surface area (Å²) >= 11 is 18.3. The highest BCUT2D eigenvalue weighted by Crippen LogP contribution is 2.25. The first-order chi connectivity index (χ1) is 7.59. The Bertz CT molecular complexity index is 464. The average Bonchev–Trinajstić information content (AvgIpc) is 2.63. The predicted molar refractivity (Wildman–Crippen MR) is 72.6 cm³/mol. The van der Waals surface area contributed by atoms with Gasteiger partial charge >= 0.3 is 0 Å². The van der Waals surface area contributed by atoms with E-state index in [4.69, 9.17) is 35.4 Å². The van der Waals surface area contributed by atoms with Crippen molar-refractivity contribution in [1.29, 1.82) is 0 Å². The molecule has 2 nitrogen and oxygen atoms in total. The largest absolute Gasteiger partial charge is 0.293 e. The summed E-state index contributed by atoms with van der Waals surface area (Å²) < 4.78 is 0.607. The fraction of sp³-hybridized carbons (Fsp3) is 0.200. The lowest BCUT2D eigenvalue weighted by Crippen LogP contribution is -2.30. The van der Waals surface area contributed by atoms with Crippen molar-refractivity contribution in [2.45, 2.75) is 0 Å². The van der Waals surface area contributed by atoms with Gasteiger partial charge in [0.05, 0.1) is 10.6 Å². The van der Waals surface area contributed by atoms with Crippen molar-refractivity contribution in [3.05, 3.63) is 33.8 Å². The summed E-state index contributed by atoms with van der Waals surface area (Å²) in [4.78, 5) is 13.7. The van der Waals surface area contributed by atoms with Gasteiger partial charge in [-0.2, -0.15) is 0 Å². The summed E-state index contributed by atoms with van der Waals surface area (Å²) in [6, 6.07) is 4.83. The van der Waals surface area contributed by atoms with Crippen LogP contribution in [0.3, 0.4) is 0 Å². The lowest BCUT2D eigenvalue weighted by atomic mass is 10.2. The summed E-state index contributed by atoms with van der Waals surface area (Å²) in [5.74, 6) is 0.687. The molecule has 6 heteroatoms. The second-order valence-electron chi connectivity index (χ2n) is 3.20. The van der Waals surface area contributed by atoms with E-state index in [0.717, 1.165) is 5.75 Å². The topological polar surface area (TPSA) is 20.3 Å². The molecule has 16 heavy (non-hydrogen) atoms. The lowest BCUT2D eigenvalue weighted by Gasteiger charge is -2.15. The van der Waals surface area contributed by atoms with E-state index in [1.807, 2.05) is 0 Å². The Kier molecular flexibility index (Phi) is 3.74. The lowest BCUT2D eigenvalue weighted by molar-refractivity contribution is 0.0862. The number of benzene rings is 1. The van der Waals surface area contributed by atoms with E-state index in [9.17, 15) is 4.79 Å². The van der Waals surface area contributed by atoms with Crippen molar-refractivity contribution in [3.63, 3.8) is 0 Å². The molecular weight excluding hydrogens is 285 g/mol. The summed E-state index contributed by atoms with van der Waals surface area (Å²) in [6.45, 7) is 0.640. The molecule has 1 fully saturated rings. The Morgan fingerprint density at radius 2 is 2.19 bits per heavy atom. The molecule has 1 aliphatic heterocycles. The monoisotopic (exact) mass is 291 g/mol. The van der Waals surface area contributed by atoms with Crippen LogP contribution in [0.25, 0.3) is 0 Å². The minimum atomic E-state index is -0.156. The Labute approximate surface area is 113 Å². The minimum Gasteiger partial charge on any atom is -0.293 e. The van der Waals surface area contributed by atoms with E-state index < -0.39 is 0 Å². The molecule has 1 aromatic carbocycles. The zero-order valence-electron chi connectivity index (χ0n) is 8.07. The smallest absolute Gasteiger partial charge is 0.260 e. The molecular formula is C10H7Cl2NOS2. The van der Waals surface area contributed by atoms with Gasteiger partial charge in [0, 0.05) is 17.3 Å². The number of nitrogens with zero attached hydrogens (tertiary/aromatic N) is 1. The SMILES string of the molecule is O=C(c1ccc(Cl)cc1Cl)N1CCSC1=S. The summed E-state index contributed by atoms with van der Waals surface area (Å²) in [6.07, 6.45) is 0. The van der Waals surface area contributed by atoms with Gasteiger partial charge in [-0.1, -0.05) is 47.2 Å². The van der Waals surface area contributed by atoms with E-state index in [1.54, 1.807) is 23.1 Å². The van der Waals surface area contributed by atoms with Gasteiger partial charge in [-0.15, -0.1) is 0 Å². The zero-order chi connectivity index (χ0) is 11.7. The van der Waals surface area contributed by atoms with E-state index >= 15 is 0 Å².